The van der Waals surface area contributed by atoms with Gasteiger partial charge in [0, 0.05) is 0 Å². The number of carbonyl (C=O) groups is 1. The minimum absolute atomic E-state index is 0.430. The minimum Gasteiger partial charge on any atom is -0.302 e. The highest BCUT2D eigenvalue weighted by Gasteiger charge is 2.23. The molecule has 0 fully saturated rings. The zero-order valence-corrected chi connectivity index (χ0v) is 9.02. The van der Waals surface area contributed by atoms with Crippen molar-refractivity contribution in [3.63, 3.8) is 0 Å². The smallest absolute Gasteiger partial charge is 0.130 e. The van der Waals surface area contributed by atoms with Gasteiger partial charge in [0.1, 0.15) is 6.29 Å². The fourth-order valence-electron chi connectivity index (χ4n) is 1.46. The summed E-state index contributed by atoms with van der Waals surface area (Å²) in [4.78, 5) is 11.2. The summed E-state index contributed by atoms with van der Waals surface area (Å²) in [5.74, 6) is 0. The van der Waals surface area contributed by atoms with Crippen LogP contribution in [-0.2, 0) is 10.2 Å². The first kappa shape index (κ1) is 11.4. The van der Waals surface area contributed by atoms with E-state index in [1.54, 1.807) is 6.08 Å². The van der Waals surface area contributed by atoms with Crippen LogP contribution < -0.4 is 0 Å². The van der Waals surface area contributed by atoms with Gasteiger partial charge in [0.15, 0.2) is 0 Å². The number of carbonyl (C=O) groups excluding carboxylic acids is 1. The fourth-order valence-corrected chi connectivity index (χ4v) is 1.46. The molecular weight excluding hydrogens is 184 g/mol. The van der Waals surface area contributed by atoms with Crippen LogP contribution in [0.3, 0.4) is 0 Å². The summed E-state index contributed by atoms with van der Waals surface area (Å²) >= 11 is 0. The van der Waals surface area contributed by atoms with Gasteiger partial charge in [0.05, 0.1) is 5.41 Å². The minimum atomic E-state index is -0.430. The van der Waals surface area contributed by atoms with E-state index in [-0.39, 0.29) is 0 Å². The Morgan fingerprint density at radius 1 is 1.33 bits per heavy atom. The Labute approximate surface area is 91.1 Å². The number of benzene rings is 1. The average Bonchev–Trinajstić information content (AvgIpc) is 2.30. The third-order valence-corrected chi connectivity index (χ3v) is 2.51. The molecule has 78 valence electrons. The van der Waals surface area contributed by atoms with E-state index in [0.29, 0.717) is 6.42 Å². The molecule has 0 spiro atoms. The Balaban J connectivity index is 2.90. The molecule has 0 aromatic heterocycles. The van der Waals surface area contributed by atoms with Crippen molar-refractivity contribution in [1.82, 2.24) is 0 Å². The normalized spacial score (nSPS) is 14.7. The second-order valence-corrected chi connectivity index (χ2v) is 3.77. The van der Waals surface area contributed by atoms with E-state index in [1.165, 1.54) is 0 Å². The van der Waals surface area contributed by atoms with Gasteiger partial charge in [0.2, 0.25) is 0 Å². The highest BCUT2D eigenvalue weighted by atomic mass is 16.1. The molecule has 0 saturated heterocycles. The Bertz CT molecular complexity index is 351. The summed E-state index contributed by atoms with van der Waals surface area (Å²) in [6, 6.07) is 9.82. The van der Waals surface area contributed by atoms with Gasteiger partial charge in [-0.25, -0.2) is 0 Å². The van der Waals surface area contributed by atoms with E-state index in [0.717, 1.165) is 11.8 Å². The molecule has 1 aromatic carbocycles. The van der Waals surface area contributed by atoms with E-state index < -0.39 is 5.41 Å². The predicted octanol–water partition coefficient (Wildman–Crippen LogP) is 3.28. The largest absolute Gasteiger partial charge is 0.302 e. The van der Waals surface area contributed by atoms with E-state index >= 15 is 0 Å². The van der Waals surface area contributed by atoms with Crippen molar-refractivity contribution in [1.29, 1.82) is 0 Å². The van der Waals surface area contributed by atoms with Crippen molar-refractivity contribution in [2.75, 3.05) is 0 Å². The second kappa shape index (κ2) is 5.30. The highest BCUT2D eigenvalue weighted by Crippen LogP contribution is 2.25. The number of hydrogen-bond donors (Lipinski definition) is 0. The van der Waals surface area contributed by atoms with Gasteiger partial charge >= 0.3 is 0 Å². The van der Waals surface area contributed by atoms with E-state index in [4.69, 9.17) is 0 Å². The van der Waals surface area contributed by atoms with Gasteiger partial charge in [-0.2, -0.15) is 0 Å². The second-order valence-electron chi connectivity index (χ2n) is 3.77. The number of aldehydes is 1. The topological polar surface area (TPSA) is 17.1 Å². The zero-order valence-electron chi connectivity index (χ0n) is 9.02. The molecule has 0 aliphatic rings. The van der Waals surface area contributed by atoms with Gasteiger partial charge < -0.3 is 4.79 Å². The number of hydrogen-bond acceptors (Lipinski definition) is 1. The van der Waals surface area contributed by atoms with Gasteiger partial charge in [-0.3, -0.25) is 0 Å². The number of allylic oxidation sites excluding steroid dienone is 3. The SMILES string of the molecule is C=C/C=C/C[C@@](C)(C=O)c1ccccc1. The molecule has 0 N–H and O–H groups in total. The van der Waals surface area contributed by atoms with Crippen LogP contribution in [0.25, 0.3) is 0 Å². The third-order valence-electron chi connectivity index (χ3n) is 2.51. The van der Waals surface area contributed by atoms with Crippen LogP contribution >= 0.6 is 0 Å². The Hall–Kier alpha value is -1.63. The van der Waals surface area contributed by atoms with Gasteiger partial charge in [-0.1, -0.05) is 55.1 Å². The van der Waals surface area contributed by atoms with Crippen molar-refractivity contribution < 1.29 is 4.79 Å². The summed E-state index contributed by atoms with van der Waals surface area (Å²) in [5.41, 5.74) is 0.620. The van der Waals surface area contributed by atoms with Crippen LogP contribution in [0.4, 0.5) is 0 Å². The lowest BCUT2D eigenvalue weighted by atomic mass is 9.81. The Morgan fingerprint density at radius 3 is 2.53 bits per heavy atom. The van der Waals surface area contributed by atoms with Crippen LogP contribution in [0.15, 0.2) is 55.1 Å². The summed E-state index contributed by atoms with van der Waals surface area (Å²) in [5, 5.41) is 0. The monoisotopic (exact) mass is 200 g/mol. The van der Waals surface area contributed by atoms with Crippen LogP contribution in [0, 0.1) is 0 Å². The molecule has 0 aliphatic heterocycles. The molecule has 0 aliphatic carbocycles. The molecule has 0 bridgehead atoms. The van der Waals surface area contributed by atoms with Crippen molar-refractivity contribution in [2.45, 2.75) is 18.8 Å². The predicted molar refractivity (Wildman–Crippen MR) is 63.8 cm³/mol. The number of rotatable bonds is 5. The molecule has 0 amide bonds. The van der Waals surface area contributed by atoms with Gasteiger partial charge in [-0.05, 0) is 18.9 Å². The lowest BCUT2D eigenvalue weighted by molar-refractivity contribution is -0.112. The molecule has 1 atom stereocenters. The van der Waals surface area contributed by atoms with Gasteiger partial charge in [0.25, 0.3) is 0 Å². The maximum atomic E-state index is 11.2. The Kier molecular flexibility index (Phi) is 4.04. The quantitative estimate of drug-likeness (QED) is 0.526. The average molecular weight is 200 g/mol. The molecule has 1 aromatic rings. The van der Waals surface area contributed by atoms with Crippen molar-refractivity contribution >= 4 is 6.29 Å². The van der Waals surface area contributed by atoms with E-state index in [2.05, 4.69) is 6.58 Å². The maximum absolute atomic E-state index is 11.2. The molecule has 0 saturated carbocycles. The molecule has 15 heavy (non-hydrogen) atoms. The fraction of sp³-hybridized carbons (Fsp3) is 0.214. The summed E-state index contributed by atoms with van der Waals surface area (Å²) < 4.78 is 0. The van der Waals surface area contributed by atoms with Crippen LogP contribution in [0.5, 0.6) is 0 Å². The molecule has 0 unspecified atom stereocenters. The molecule has 1 rings (SSSR count). The molecular formula is C14H16O. The zero-order chi connectivity index (χ0) is 11.1. The van der Waals surface area contributed by atoms with Gasteiger partial charge in [-0.15, -0.1) is 0 Å². The van der Waals surface area contributed by atoms with Crippen molar-refractivity contribution in [2.24, 2.45) is 0 Å². The summed E-state index contributed by atoms with van der Waals surface area (Å²) in [7, 11) is 0. The summed E-state index contributed by atoms with van der Waals surface area (Å²) in [6.07, 6.45) is 7.26. The maximum Gasteiger partial charge on any atom is 0.130 e. The first-order chi connectivity index (χ1) is 7.23. The lowest BCUT2D eigenvalue weighted by Crippen LogP contribution is -2.22. The highest BCUT2D eigenvalue weighted by molar-refractivity contribution is 5.68. The van der Waals surface area contributed by atoms with Crippen molar-refractivity contribution in [3.8, 4) is 0 Å². The molecule has 0 heterocycles. The van der Waals surface area contributed by atoms with Crippen LogP contribution in [0.2, 0.25) is 0 Å². The lowest BCUT2D eigenvalue weighted by Gasteiger charge is -2.21. The standard InChI is InChI=1S/C14H16O/c1-3-4-8-11-14(2,12-15)13-9-6-5-7-10-13/h3-10,12H,1,11H2,2H3/b8-4+/t14-/m0/s1. The van der Waals surface area contributed by atoms with Crippen LogP contribution in [-0.4, -0.2) is 6.29 Å². The molecule has 1 heteroatoms. The first-order valence-electron chi connectivity index (χ1n) is 5.02. The molecule has 1 nitrogen and oxygen atoms in total. The van der Waals surface area contributed by atoms with E-state index in [1.807, 2.05) is 49.4 Å². The third kappa shape index (κ3) is 2.91. The van der Waals surface area contributed by atoms with Crippen molar-refractivity contribution in [3.05, 3.63) is 60.7 Å². The summed E-state index contributed by atoms with van der Waals surface area (Å²) in [6.45, 7) is 5.55. The van der Waals surface area contributed by atoms with E-state index in [9.17, 15) is 4.79 Å². The van der Waals surface area contributed by atoms with Crippen LogP contribution in [0.1, 0.15) is 18.9 Å². The Morgan fingerprint density at radius 2 is 2.00 bits per heavy atom. The molecule has 0 radical (unpaired) electrons. The first-order valence-corrected chi connectivity index (χ1v) is 5.02.